The number of carbonyl (C=O) groups is 2. The molecule has 0 bridgehead atoms. The van der Waals surface area contributed by atoms with Crippen LogP contribution >= 0.6 is 0 Å². The molecule has 0 aliphatic carbocycles. The zero-order valence-electron chi connectivity index (χ0n) is 10.3. The lowest BCUT2D eigenvalue weighted by Gasteiger charge is -2.37. The molecule has 0 spiro atoms. The van der Waals surface area contributed by atoms with Crippen molar-refractivity contribution in [3.8, 4) is 0 Å². The molecule has 4 heteroatoms. The second-order valence-electron chi connectivity index (χ2n) is 5.01. The van der Waals surface area contributed by atoms with Crippen molar-refractivity contribution in [2.75, 3.05) is 6.61 Å². The first-order valence-electron chi connectivity index (χ1n) is 4.91. The van der Waals surface area contributed by atoms with Crippen LogP contribution in [0.25, 0.3) is 0 Å². The van der Waals surface area contributed by atoms with E-state index in [-0.39, 0.29) is 12.0 Å². The Morgan fingerprint density at radius 1 is 1.07 bits per heavy atom. The summed E-state index contributed by atoms with van der Waals surface area (Å²) in [4.78, 5) is 21.8. The molecule has 4 nitrogen and oxygen atoms in total. The Bertz CT molecular complexity index is 248. The smallest absolute Gasteiger partial charge is 0.344 e. The summed E-state index contributed by atoms with van der Waals surface area (Å²) in [6.45, 7) is 10.5. The zero-order valence-corrected chi connectivity index (χ0v) is 10.3. The van der Waals surface area contributed by atoms with Crippen molar-refractivity contribution in [3.05, 3.63) is 0 Å². The minimum absolute atomic E-state index is 0.168. The average Bonchev–Trinajstić information content (AvgIpc) is 1.97. The first-order valence-corrected chi connectivity index (χ1v) is 4.91. The fourth-order valence-electron chi connectivity index (χ4n) is 0.628. The summed E-state index contributed by atoms with van der Waals surface area (Å²) in [5, 5.41) is 0. The van der Waals surface area contributed by atoms with Gasteiger partial charge in [0.15, 0.2) is 6.61 Å². The van der Waals surface area contributed by atoms with Crippen molar-refractivity contribution < 1.29 is 19.1 Å². The van der Waals surface area contributed by atoms with E-state index >= 15 is 0 Å². The Balaban J connectivity index is 4.23. The van der Waals surface area contributed by atoms with Gasteiger partial charge in [-0.1, -0.05) is 20.8 Å². The van der Waals surface area contributed by atoms with E-state index in [1.54, 1.807) is 0 Å². The summed E-state index contributed by atoms with van der Waals surface area (Å²) in [5.41, 5.74) is -0.761. The Kier molecular flexibility index (Phi) is 4.31. The molecule has 0 aromatic rings. The first kappa shape index (κ1) is 13.9. The topological polar surface area (TPSA) is 52.6 Å². The van der Waals surface area contributed by atoms with Gasteiger partial charge in [0.1, 0.15) is 5.60 Å². The maximum Gasteiger partial charge on any atom is 0.344 e. The predicted octanol–water partition coefficient (Wildman–Crippen LogP) is 1.92. The van der Waals surface area contributed by atoms with Crippen molar-refractivity contribution in [1.82, 2.24) is 0 Å². The van der Waals surface area contributed by atoms with Gasteiger partial charge in [-0.15, -0.1) is 0 Å². The summed E-state index contributed by atoms with van der Waals surface area (Å²) in [7, 11) is 0. The predicted molar refractivity (Wildman–Crippen MR) is 56.3 cm³/mol. The molecule has 0 saturated carbocycles. The molecule has 0 aromatic heterocycles. The number of carbonyl (C=O) groups excluding carboxylic acids is 2. The maximum absolute atomic E-state index is 11.3. The van der Waals surface area contributed by atoms with Crippen LogP contribution < -0.4 is 0 Å². The van der Waals surface area contributed by atoms with Crippen molar-refractivity contribution in [2.24, 2.45) is 5.41 Å². The van der Waals surface area contributed by atoms with E-state index in [2.05, 4.69) is 4.74 Å². The third-order valence-corrected chi connectivity index (χ3v) is 2.57. The van der Waals surface area contributed by atoms with Crippen LogP contribution in [0.3, 0.4) is 0 Å². The van der Waals surface area contributed by atoms with Gasteiger partial charge in [0.25, 0.3) is 0 Å². The SMILES string of the molecule is CC(=O)OCC(=O)OC(C)(C)C(C)(C)C. The van der Waals surface area contributed by atoms with Crippen LogP contribution in [0.15, 0.2) is 0 Å². The quantitative estimate of drug-likeness (QED) is 0.676. The van der Waals surface area contributed by atoms with Crippen molar-refractivity contribution >= 4 is 11.9 Å². The Morgan fingerprint density at radius 2 is 1.53 bits per heavy atom. The normalized spacial score (nSPS) is 12.1. The number of hydrogen-bond acceptors (Lipinski definition) is 4. The second kappa shape index (κ2) is 4.64. The minimum Gasteiger partial charge on any atom is -0.457 e. The number of ether oxygens (including phenoxy) is 2. The van der Waals surface area contributed by atoms with Gasteiger partial charge in [-0.05, 0) is 13.8 Å². The van der Waals surface area contributed by atoms with Crippen LogP contribution in [0.4, 0.5) is 0 Å². The Hall–Kier alpha value is -1.06. The van der Waals surface area contributed by atoms with Crippen molar-refractivity contribution in [3.63, 3.8) is 0 Å². The van der Waals surface area contributed by atoms with Crippen LogP contribution in [0, 0.1) is 5.41 Å². The number of hydrogen-bond donors (Lipinski definition) is 0. The second-order valence-corrected chi connectivity index (χ2v) is 5.01. The molecule has 0 aliphatic rings. The first-order chi connectivity index (χ1) is 6.56. The maximum atomic E-state index is 11.3. The monoisotopic (exact) mass is 216 g/mol. The molecule has 0 aliphatic heterocycles. The van der Waals surface area contributed by atoms with Gasteiger partial charge in [-0.3, -0.25) is 4.79 Å². The highest BCUT2D eigenvalue weighted by Crippen LogP contribution is 2.32. The van der Waals surface area contributed by atoms with E-state index in [9.17, 15) is 9.59 Å². The van der Waals surface area contributed by atoms with Crippen LogP contribution in [-0.4, -0.2) is 24.1 Å². The molecule has 0 aromatic carbocycles. The lowest BCUT2D eigenvalue weighted by Crippen LogP contribution is -2.42. The van der Waals surface area contributed by atoms with E-state index in [1.165, 1.54) is 6.92 Å². The molecule has 0 atom stereocenters. The van der Waals surface area contributed by atoms with Gasteiger partial charge in [-0.25, -0.2) is 4.79 Å². The third kappa shape index (κ3) is 4.81. The standard InChI is InChI=1S/C11H20O4/c1-8(12)14-7-9(13)15-11(5,6)10(2,3)4/h7H2,1-6H3. The molecule has 0 radical (unpaired) electrons. The average molecular weight is 216 g/mol. The van der Waals surface area contributed by atoms with Crippen molar-refractivity contribution in [1.29, 1.82) is 0 Å². The van der Waals surface area contributed by atoms with Gasteiger partial charge in [0, 0.05) is 12.3 Å². The summed E-state index contributed by atoms with van der Waals surface area (Å²) < 4.78 is 9.79. The van der Waals surface area contributed by atoms with Crippen LogP contribution in [0.1, 0.15) is 41.5 Å². The zero-order chi connectivity index (χ0) is 12.3. The molecule has 0 saturated heterocycles. The van der Waals surface area contributed by atoms with E-state index < -0.39 is 17.5 Å². The lowest BCUT2D eigenvalue weighted by molar-refractivity contribution is -0.175. The van der Waals surface area contributed by atoms with E-state index in [1.807, 2.05) is 34.6 Å². The molecule has 0 fully saturated rings. The number of rotatable bonds is 3. The summed E-state index contributed by atoms with van der Waals surface area (Å²) in [5.74, 6) is -1.01. The van der Waals surface area contributed by atoms with Gasteiger partial charge < -0.3 is 9.47 Å². The Labute approximate surface area is 90.9 Å². The molecule has 0 amide bonds. The molecule has 0 unspecified atom stereocenters. The van der Waals surface area contributed by atoms with Gasteiger partial charge in [-0.2, -0.15) is 0 Å². The highest BCUT2D eigenvalue weighted by molar-refractivity contribution is 5.75. The summed E-state index contributed by atoms with van der Waals surface area (Å²) in [6.07, 6.45) is 0. The molecular formula is C11H20O4. The van der Waals surface area contributed by atoms with Gasteiger partial charge >= 0.3 is 11.9 Å². The molecule has 0 heterocycles. The molecule has 0 rings (SSSR count). The van der Waals surface area contributed by atoms with Crippen LogP contribution in [0.5, 0.6) is 0 Å². The highest BCUT2D eigenvalue weighted by Gasteiger charge is 2.36. The van der Waals surface area contributed by atoms with E-state index in [4.69, 9.17) is 4.74 Å². The Morgan fingerprint density at radius 3 is 1.87 bits per heavy atom. The van der Waals surface area contributed by atoms with Crippen LogP contribution in [-0.2, 0) is 19.1 Å². The highest BCUT2D eigenvalue weighted by atomic mass is 16.6. The summed E-state index contributed by atoms with van der Waals surface area (Å²) in [6, 6.07) is 0. The summed E-state index contributed by atoms with van der Waals surface area (Å²) >= 11 is 0. The molecule has 0 N–H and O–H groups in total. The molecule has 88 valence electrons. The van der Waals surface area contributed by atoms with Crippen LogP contribution in [0.2, 0.25) is 0 Å². The van der Waals surface area contributed by atoms with Gasteiger partial charge in [0.2, 0.25) is 0 Å². The van der Waals surface area contributed by atoms with Crippen molar-refractivity contribution in [2.45, 2.75) is 47.1 Å². The fourth-order valence-corrected chi connectivity index (χ4v) is 0.628. The molecular weight excluding hydrogens is 196 g/mol. The largest absolute Gasteiger partial charge is 0.457 e. The number of esters is 2. The van der Waals surface area contributed by atoms with E-state index in [0.29, 0.717) is 0 Å². The van der Waals surface area contributed by atoms with E-state index in [0.717, 1.165) is 0 Å². The molecule has 15 heavy (non-hydrogen) atoms. The van der Waals surface area contributed by atoms with Gasteiger partial charge in [0.05, 0.1) is 0 Å². The fraction of sp³-hybridized carbons (Fsp3) is 0.818. The minimum atomic E-state index is -0.593. The third-order valence-electron chi connectivity index (χ3n) is 2.57. The lowest BCUT2D eigenvalue weighted by atomic mass is 9.79.